The van der Waals surface area contributed by atoms with Crippen molar-refractivity contribution < 1.29 is 13.5 Å². The molecule has 2 nitrogen and oxygen atoms in total. The van der Waals surface area contributed by atoms with Gasteiger partial charge >= 0.3 is 0 Å². The van der Waals surface area contributed by atoms with Crippen LogP contribution in [0.4, 0.5) is 8.78 Å². The molecule has 0 radical (unpaired) electrons. The summed E-state index contributed by atoms with van der Waals surface area (Å²) in [6, 6.07) is 2.92. The number of rotatable bonds is 10. The maximum absolute atomic E-state index is 13.9. The zero-order chi connectivity index (χ0) is 15.7. The maximum Gasteiger partial charge on any atom is 0.190 e. The molecule has 4 heteroatoms. The van der Waals surface area contributed by atoms with E-state index < -0.39 is 11.6 Å². The smallest absolute Gasteiger partial charge is 0.190 e. The summed E-state index contributed by atoms with van der Waals surface area (Å²) in [6.45, 7) is 8.38. The molecule has 118 valence electrons. The zero-order valence-corrected chi connectivity index (χ0v) is 12.9. The zero-order valence-electron chi connectivity index (χ0n) is 12.9. The van der Waals surface area contributed by atoms with Gasteiger partial charge in [-0.05, 0) is 43.4 Å². The molecule has 0 fully saturated rings. The fourth-order valence-electron chi connectivity index (χ4n) is 1.92. The van der Waals surface area contributed by atoms with E-state index in [-0.39, 0.29) is 11.8 Å². The molecule has 0 heterocycles. The van der Waals surface area contributed by atoms with Gasteiger partial charge in [-0.15, -0.1) is 6.58 Å². The molecule has 0 atom stereocenters. The van der Waals surface area contributed by atoms with Crippen LogP contribution in [-0.4, -0.2) is 12.6 Å². The standard InChI is InChI=1S/C17H25F2NO/c1-4-5-6-7-8-9-21-17-15(18)10-14(11-16(17)19)12-20-13(2)3/h4,10-11,13,20H,1,5-9,12H2,2-3H3. The summed E-state index contributed by atoms with van der Waals surface area (Å²) < 4.78 is 33.0. The molecule has 1 rings (SSSR count). The van der Waals surface area contributed by atoms with Gasteiger partial charge in [0.05, 0.1) is 6.61 Å². The lowest BCUT2D eigenvalue weighted by Gasteiger charge is -2.12. The van der Waals surface area contributed by atoms with Crippen molar-refractivity contribution in [2.24, 2.45) is 0 Å². The van der Waals surface area contributed by atoms with Gasteiger partial charge in [0.25, 0.3) is 0 Å². The van der Waals surface area contributed by atoms with Crippen molar-refractivity contribution in [1.29, 1.82) is 0 Å². The molecule has 0 spiro atoms. The van der Waals surface area contributed by atoms with E-state index in [1.54, 1.807) is 0 Å². The van der Waals surface area contributed by atoms with E-state index in [2.05, 4.69) is 11.9 Å². The fourth-order valence-corrected chi connectivity index (χ4v) is 1.92. The summed E-state index contributed by atoms with van der Waals surface area (Å²) in [5.74, 6) is -1.55. The van der Waals surface area contributed by atoms with Crippen molar-refractivity contribution in [3.63, 3.8) is 0 Å². The number of nitrogens with one attached hydrogen (secondary N) is 1. The van der Waals surface area contributed by atoms with Gasteiger partial charge in [-0.25, -0.2) is 8.78 Å². The summed E-state index contributed by atoms with van der Waals surface area (Å²) >= 11 is 0. The highest BCUT2D eigenvalue weighted by Gasteiger charge is 2.12. The third-order valence-corrected chi connectivity index (χ3v) is 3.07. The molecule has 1 aromatic rings. The second kappa shape index (κ2) is 9.50. The van der Waals surface area contributed by atoms with Crippen LogP contribution in [0.25, 0.3) is 0 Å². The second-order valence-corrected chi connectivity index (χ2v) is 5.41. The number of allylic oxidation sites excluding steroid dienone is 1. The van der Waals surface area contributed by atoms with E-state index in [1.165, 1.54) is 12.1 Å². The number of ether oxygens (including phenoxy) is 1. The van der Waals surface area contributed by atoms with Crippen molar-refractivity contribution in [2.45, 2.75) is 52.1 Å². The molecule has 0 aliphatic carbocycles. The molecule has 21 heavy (non-hydrogen) atoms. The van der Waals surface area contributed by atoms with Gasteiger partial charge < -0.3 is 10.1 Å². The maximum atomic E-state index is 13.9. The highest BCUT2D eigenvalue weighted by atomic mass is 19.1. The van der Waals surface area contributed by atoms with Gasteiger partial charge in [0.1, 0.15) is 0 Å². The van der Waals surface area contributed by atoms with Crippen molar-refractivity contribution >= 4 is 0 Å². The lowest BCUT2D eigenvalue weighted by molar-refractivity contribution is 0.275. The first-order chi connectivity index (χ1) is 10.0. The Balaban J connectivity index is 2.49. The fraction of sp³-hybridized carbons (Fsp3) is 0.529. The second-order valence-electron chi connectivity index (χ2n) is 5.41. The Morgan fingerprint density at radius 1 is 1.19 bits per heavy atom. The third-order valence-electron chi connectivity index (χ3n) is 3.07. The molecule has 0 unspecified atom stereocenters. The van der Waals surface area contributed by atoms with Crippen LogP contribution in [0, 0.1) is 11.6 Å². The Morgan fingerprint density at radius 3 is 2.43 bits per heavy atom. The minimum absolute atomic E-state index is 0.266. The molecule has 1 N–H and O–H groups in total. The monoisotopic (exact) mass is 297 g/mol. The van der Waals surface area contributed by atoms with Gasteiger partial charge in [-0.3, -0.25) is 0 Å². The van der Waals surface area contributed by atoms with Crippen LogP contribution in [0.2, 0.25) is 0 Å². The van der Waals surface area contributed by atoms with Gasteiger partial charge in [-0.2, -0.15) is 0 Å². The minimum atomic E-state index is -0.637. The number of hydrogen-bond donors (Lipinski definition) is 1. The van der Waals surface area contributed by atoms with Gasteiger partial charge in [-0.1, -0.05) is 19.9 Å². The summed E-state index contributed by atoms with van der Waals surface area (Å²) in [6.07, 6.45) is 5.59. The lowest BCUT2D eigenvalue weighted by atomic mass is 10.2. The topological polar surface area (TPSA) is 21.3 Å². The molecule has 0 saturated carbocycles. The van der Waals surface area contributed by atoms with Crippen LogP contribution >= 0.6 is 0 Å². The number of unbranched alkanes of at least 4 members (excludes halogenated alkanes) is 3. The Morgan fingerprint density at radius 2 is 1.86 bits per heavy atom. The SMILES string of the molecule is C=CCCCCCOc1c(F)cc(CNC(C)C)cc1F. The van der Waals surface area contributed by atoms with Crippen LogP contribution in [0.15, 0.2) is 24.8 Å². The largest absolute Gasteiger partial charge is 0.488 e. The van der Waals surface area contributed by atoms with E-state index >= 15 is 0 Å². The Labute approximate surface area is 126 Å². The highest BCUT2D eigenvalue weighted by molar-refractivity contribution is 5.31. The van der Waals surface area contributed by atoms with Gasteiger partial charge in [0, 0.05) is 12.6 Å². The number of halogens is 2. The minimum Gasteiger partial charge on any atom is -0.488 e. The molecule has 0 amide bonds. The Bertz CT molecular complexity index is 423. The number of hydrogen-bond acceptors (Lipinski definition) is 2. The van der Waals surface area contributed by atoms with E-state index in [9.17, 15) is 8.78 Å². The average Bonchev–Trinajstić information content (AvgIpc) is 2.42. The van der Waals surface area contributed by atoms with Crippen LogP contribution < -0.4 is 10.1 Å². The summed E-state index contributed by atoms with van der Waals surface area (Å²) in [5, 5.41) is 3.13. The first kappa shape index (κ1) is 17.6. The predicted molar refractivity (Wildman–Crippen MR) is 82.5 cm³/mol. The van der Waals surface area contributed by atoms with Crippen LogP contribution in [0.5, 0.6) is 5.75 Å². The molecule has 0 aliphatic rings. The van der Waals surface area contributed by atoms with E-state index in [1.807, 2.05) is 19.9 Å². The average molecular weight is 297 g/mol. The van der Waals surface area contributed by atoms with Crippen molar-refractivity contribution in [3.8, 4) is 5.75 Å². The van der Waals surface area contributed by atoms with Crippen molar-refractivity contribution in [1.82, 2.24) is 5.32 Å². The van der Waals surface area contributed by atoms with Crippen LogP contribution in [0.1, 0.15) is 45.1 Å². The third kappa shape index (κ3) is 6.71. The van der Waals surface area contributed by atoms with Gasteiger partial charge in [0.2, 0.25) is 0 Å². The van der Waals surface area contributed by atoms with Crippen LogP contribution in [-0.2, 0) is 6.54 Å². The molecule has 0 aromatic heterocycles. The number of benzene rings is 1. The summed E-state index contributed by atoms with van der Waals surface area (Å²) in [5.41, 5.74) is 0.581. The quantitative estimate of drug-likeness (QED) is 0.504. The molecule has 0 saturated heterocycles. The molecular weight excluding hydrogens is 272 g/mol. The molecule has 0 bridgehead atoms. The highest BCUT2D eigenvalue weighted by Crippen LogP contribution is 2.23. The summed E-state index contributed by atoms with van der Waals surface area (Å²) in [4.78, 5) is 0. The van der Waals surface area contributed by atoms with Crippen molar-refractivity contribution in [2.75, 3.05) is 6.61 Å². The Hall–Kier alpha value is -1.42. The van der Waals surface area contributed by atoms with E-state index in [0.29, 0.717) is 18.7 Å². The van der Waals surface area contributed by atoms with E-state index in [4.69, 9.17) is 4.74 Å². The van der Waals surface area contributed by atoms with Crippen LogP contribution in [0.3, 0.4) is 0 Å². The molecular formula is C17H25F2NO. The molecule has 0 aliphatic heterocycles. The normalized spacial score (nSPS) is 10.9. The van der Waals surface area contributed by atoms with E-state index in [0.717, 1.165) is 25.7 Å². The lowest BCUT2D eigenvalue weighted by Crippen LogP contribution is -2.22. The Kier molecular flexibility index (Phi) is 7.98. The first-order valence-electron chi connectivity index (χ1n) is 7.49. The first-order valence-corrected chi connectivity index (χ1v) is 7.49. The predicted octanol–water partition coefficient (Wildman–Crippen LogP) is 4.59. The van der Waals surface area contributed by atoms with Gasteiger partial charge in [0.15, 0.2) is 17.4 Å². The van der Waals surface area contributed by atoms with Crippen molar-refractivity contribution in [3.05, 3.63) is 42.0 Å². The molecule has 1 aromatic carbocycles. The summed E-state index contributed by atoms with van der Waals surface area (Å²) in [7, 11) is 0.